The number of aryl methyl sites for hydroxylation is 1. The minimum absolute atomic E-state index is 0.342. The lowest BCUT2D eigenvalue weighted by atomic mass is 10.2. The van der Waals surface area contributed by atoms with E-state index in [0.717, 1.165) is 11.3 Å². The number of aromatic nitrogens is 1. The second-order valence-electron chi connectivity index (χ2n) is 2.66. The van der Waals surface area contributed by atoms with E-state index in [4.69, 9.17) is 14.7 Å². The predicted molar refractivity (Wildman–Crippen MR) is 51.1 cm³/mol. The first-order valence-electron chi connectivity index (χ1n) is 3.64. The molecule has 0 aliphatic carbocycles. The van der Waals surface area contributed by atoms with Gasteiger partial charge in [0.1, 0.15) is 16.5 Å². The monoisotopic (exact) mass is 242 g/mol. The van der Waals surface area contributed by atoms with E-state index in [1.807, 2.05) is 13.0 Å². The number of nitrogen functional groups attached to an aromatic ring is 1. The molecular formula is C8H7BrN2O2. The van der Waals surface area contributed by atoms with Crippen molar-refractivity contribution in [2.24, 2.45) is 0 Å². The summed E-state index contributed by atoms with van der Waals surface area (Å²) in [5.41, 5.74) is 6.33. The van der Waals surface area contributed by atoms with E-state index in [-0.39, 0.29) is 0 Å². The molecule has 0 saturated carbocycles. The molecule has 0 bridgehead atoms. The first-order chi connectivity index (χ1) is 6.18. The van der Waals surface area contributed by atoms with E-state index in [9.17, 15) is 0 Å². The molecule has 2 aromatic heterocycles. The largest absolute Gasteiger partial charge is 0.469 e. The normalized spacial score (nSPS) is 10.6. The third kappa shape index (κ3) is 1.35. The zero-order valence-electron chi connectivity index (χ0n) is 6.87. The number of hydrogen-bond acceptors (Lipinski definition) is 4. The second-order valence-corrected chi connectivity index (χ2v) is 3.45. The maximum Gasteiger partial charge on any atom is 0.186 e. The van der Waals surface area contributed by atoms with Crippen LogP contribution in [0.3, 0.4) is 0 Å². The van der Waals surface area contributed by atoms with Crippen molar-refractivity contribution in [2.75, 3.05) is 5.73 Å². The molecule has 0 saturated heterocycles. The summed E-state index contributed by atoms with van der Waals surface area (Å²) in [7, 11) is 0. The lowest BCUT2D eigenvalue weighted by molar-refractivity contribution is 0.434. The van der Waals surface area contributed by atoms with E-state index >= 15 is 0 Å². The standard InChI is InChI=1S/C8H7BrN2O2/c1-4-2-5(3-12-4)7-6(9)8(10)11-13-7/h2-3H,1H3,(H2,10,11). The Bertz CT molecular complexity index is 433. The van der Waals surface area contributed by atoms with Crippen LogP contribution in [0.2, 0.25) is 0 Å². The van der Waals surface area contributed by atoms with E-state index in [1.165, 1.54) is 0 Å². The molecule has 0 aliphatic rings. The summed E-state index contributed by atoms with van der Waals surface area (Å²) < 4.78 is 10.8. The Morgan fingerprint density at radius 3 is 2.77 bits per heavy atom. The molecule has 0 unspecified atom stereocenters. The van der Waals surface area contributed by atoms with Crippen molar-refractivity contribution in [1.29, 1.82) is 0 Å². The molecule has 0 amide bonds. The van der Waals surface area contributed by atoms with Gasteiger partial charge in [0.15, 0.2) is 11.6 Å². The zero-order chi connectivity index (χ0) is 9.42. The number of halogens is 1. The molecule has 2 aromatic rings. The van der Waals surface area contributed by atoms with Gasteiger partial charge < -0.3 is 14.7 Å². The van der Waals surface area contributed by atoms with E-state index < -0.39 is 0 Å². The highest BCUT2D eigenvalue weighted by Crippen LogP contribution is 2.33. The van der Waals surface area contributed by atoms with Crippen LogP contribution in [0, 0.1) is 6.92 Å². The fourth-order valence-corrected chi connectivity index (χ4v) is 1.41. The van der Waals surface area contributed by atoms with Crippen molar-refractivity contribution in [3.05, 3.63) is 22.6 Å². The van der Waals surface area contributed by atoms with Gasteiger partial charge in [-0.25, -0.2) is 0 Å². The van der Waals surface area contributed by atoms with Gasteiger partial charge in [0.2, 0.25) is 0 Å². The third-order valence-electron chi connectivity index (χ3n) is 1.65. The number of anilines is 1. The Hall–Kier alpha value is -1.23. The van der Waals surface area contributed by atoms with Crippen LogP contribution in [0.25, 0.3) is 11.3 Å². The second kappa shape index (κ2) is 2.92. The average Bonchev–Trinajstić information content (AvgIpc) is 2.62. The Labute approximate surface area is 82.8 Å². The Morgan fingerprint density at radius 2 is 2.31 bits per heavy atom. The van der Waals surface area contributed by atoms with Crippen molar-refractivity contribution in [3.63, 3.8) is 0 Å². The van der Waals surface area contributed by atoms with E-state index in [2.05, 4.69) is 21.1 Å². The lowest BCUT2D eigenvalue weighted by Gasteiger charge is -1.87. The highest BCUT2D eigenvalue weighted by Gasteiger charge is 2.14. The molecule has 5 heteroatoms. The SMILES string of the molecule is Cc1cc(-c2onc(N)c2Br)co1. The minimum Gasteiger partial charge on any atom is -0.469 e. The summed E-state index contributed by atoms with van der Waals surface area (Å²) in [6.45, 7) is 1.86. The van der Waals surface area contributed by atoms with E-state index in [1.54, 1.807) is 6.26 Å². The van der Waals surface area contributed by atoms with E-state index in [0.29, 0.717) is 16.1 Å². The Balaban J connectivity index is 2.52. The Morgan fingerprint density at radius 1 is 1.54 bits per heavy atom. The van der Waals surface area contributed by atoms with Crippen LogP contribution in [0.15, 0.2) is 25.7 Å². The molecule has 2 heterocycles. The molecule has 0 aliphatic heterocycles. The van der Waals surface area contributed by atoms with Crippen molar-refractivity contribution in [1.82, 2.24) is 5.16 Å². The molecule has 0 radical (unpaired) electrons. The van der Waals surface area contributed by atoms with Crippen molar-refractivity contribution >= 4 is 21.7 Å². The summed E-state index contributed by atoms with van der Waals surface area (Å²) in [5.74, 6) is 1.75. The van der Waals surface area contributed by atoms with Crippen LogP contribution in [-0.2, 0) is 0 Å². The highest BCUT2D eigenvalue weighted by molar-refractivity contribution is 9.10. The molecule has 0 aromatic carbocycles. The molecule has 13 heavy (non-hydrogen) atoms. The minimum atomic E-state index is 0.342. The molecule has 0 atom stereocenters. The van der Waals surface area contributed by atoms with Crippen molar-refractivity contribution < 1.29 is 8.94 Å². The quantitative estimate of drug-likeness (QED) is 0.835. The number of furan rings is 1. The number of nitrogens with zero attached hydrogens (tertiary/aromatic N) is 1. The van der Waals surface area contributed by atoms with Gasteiger partial charge >= 0.3 is 0 Å². The zero-order valence-corrected chi connectivity index (χ0v) is 8.46. The lowest BCUT2D eigenvalue weighted by Crippen LogP contribution is -1.82. The summed E-state index contributed by atoms with van der Waals surface area (Å²) in [6, 6.07) is 1.85. The molecule has 68 valence electrons. The van der Waals surface area contributed by atoms with Crippen LogP contribution in [-0.4, -0.2) is 5.16 Å². The molecule has 2 rings (SSSR count). The summed E-state index contributed by atoms with van der Waals surface area (Å²) in [6.07, 6.45) is 1.60. The fourth-order valence-electron chi connectivity index (χ4n) is 1.03. The molecule has 2 N–H and O–H groups in total. The van der Waals surface area contributed by atoms with Crippen molar-refractivity contribution in [2.45, 2.75) is 6.92 Å². The van der Waals surface area contributed by atoms with Crippen LogP contribution < -0.4 is 5.73 Å². The summed E-state index contributed by atoms with van der Waals surface area (Å²) in [4.78, 5) is 0. The topological polar surface area (TPSA) is 65.2 Å². The molecular weight excluding hydrogens is 236 g/mol. The molecule has 0 spiro atoms. The third-order valence-corrected chi connectivity index (χ3v) is 2.42. The maximum absolute atomic E-state index is 5.50. The summed E-state index contributed by atoms with van der Waals surface area (Å²) in [5, 5.41) is 3.62. The molecule has 4 nitrogen and oxygen atoms in total. The number of nitrogens with two attached hydrogens (primary N) is 1. The highest BCUT2D eigenvalue weighted by atomic mass is 79.9. The van der Waals surface area contributed by atoms with Gasteiger partial charge in [-0.2, -0.15) is 0 Å². The van der Waals surface area contributed by atoms with Gasteiger partial charge in [-0.1, -0.05) is 5.16 Å². The smallest absolute Gasteiger partial charge is 0.186 e. The van der Waals surface area contributed by atoms with Crippen LogP contribution in [0.1, 0.15) is 5.76 Å². The summed E-state index contributed by atoms with van der Waals surface area (Å²) >= 11 is 3.27. The van der Waals surface area contributed by atoms with Gasteiger partial charge in [0, 0.05) is 0 Å². The van der Waals surface area contributed by atoms with Crippen molar-refractivity contribution in [3.8, 4) is 11.3 Å². The average molecular weight is 243 g/mol. The van der Waals surface area contributed by atoms with Crippen LogP contribution in [0.5, 0.6) is 0 Å². The van der Waals surface area contributed by atoms with Gasteiger partial charge in [-0.3, -0.25) is 0 Å². The maximum atomic E-state index is 5.50. The Kier molecular flexibility index (Phi) is 1.88. The fraction of sp³-hybridized carbons (Fsp3) is 0.125. The first-order valence-corrected chi connectivity index (χ1v) is 4.44. The number of hydrogen-bond donors (Lipinski definition) is 1. The molecule has 0 fully saturated rings. The van der Waals surface area contributed by atoms with Gasteiger partial charge in [-0.15, -0.1) is 0 Å². The number of rotatable bonds is 1. The van der Waals surface area contributed by atoms with Crippen LogP contribution in [0.4, 0.5) is 5.82 Å². The first kappa shape index (κ1) is 8.37. The van der Waals surface area contributed by atoms with Gasteiger partial charge in [0.25, 0.3) is 0 Å². The van der Waals surface area contributed by atoms with Gasteiger partial charge in [0.05, 0.1) is 5.56 Å². The van der Waals surface area contributed by atoms with Crippen LogP contribution >= 0.6 is 15.9 Å². The predicted octanol–water partition coefficient (Wildman–Crippen LogP) is 2.59. The van der Waals surface area contributed by atoms with Gasteiger partial charge in [-0.05, 0) is 28.9 Å².